The van der Waals surface area contributed by atoms with Gasteiger partial charge in [-0.2, -0.15) is 0 Å². The lowest BCUT2D eigenvalue weighted by molar-refractivity contribution is -0.0820. The highest BCUT2D eigenvalue weighted by Crippen LogP contribution is 2.58. The zero-order chi connectivity index (χ0) is 12.2. The van der Waals surface area contributed by atoms with Gasteiger partial charge >= 0.3 is 0 Å². The van der Waals surface area contributed by atoms with Gasteiger partial charge in [0.25, 0.3) is 0 Å². The van der Waals surface area contributed by atoms with Crippen LogP contribution < -0.4 is 0 Å². The molecule has 3 saturated carbocycles. The van der Waals surface area contributed by atoms with Gasteiger partial charge < -0.3 is 4.74 Å². The van der Waals surface area contributed by atoms with Crippen LogP contribution in [0.15, 0.2) is 0 Å². The second-order valence-corrected chi connectivity index (χ2v) is 7.94. The van der Waals surface area contributed by atoms with E-state index in [-0.39, 0.29) is 5.41 Å². The summed E-state index contributed by atoms with van der Waals surface area (Å²) in [6, 6.07) is 0. The van der Waals surface area contributed by atoms with Crippen LogP contribution in [0.25, 0.3) is 0 Å². The normalized spacial score (nSPS) is 42.4. The molecule has 0 N–H and O–H groups in total. The van der Waals surface area contributed by atoms with Crippen LogP contribution in [0.1, 0.15) is 59.8 Å². The fourth-order valence-electron chi connectivity index (χ4n) is 3.48. The van der Waals surface area contributed by atoms with E-state index < -0.39 is 0 Å². The van der Waals surface area contributed by atoms with Crippen LogP contribution in [-0.2, 0) is 4.74 Å². The molecule has 1 heteroatoms. The number of hydrogen-bond acceptors (Lipinski definition) is 1. The topological polar surface area (TPSA) is 9.23 Å². The number of hydrogen-bond donors (Lipinski definition) is 0. The summed E-state index contributed by atoms with van der Waals surface area (Å²) < 4.78 is 6.47. The van der Waals surface area contributed by atoms with Crippen molar-refractivity contribution >= 4 is 0 Å². The summed E-state index contributed by atoms with van der Waals surface area (Å²) in [5.74, 6) is 3.93. The molecule has 5 atom stereocenters. The van der Waals surface area contributed by atoms with E-state index in [1.54, 1.807) is 0 Å². The van der Waals surface area contributed by atoms with Crippen molar-refractivity contribution in [3.8, 4) is 0 Å². The van der Waals surface area contributed by atoms with Crippen LogP contribution in [0, 0.1) is 29.1 Å². The zero-order valence-electron chi connectivity index (χ0n) is 11.9. The number of ether oxygens (including phenoxy) is 1. The fraction of sp³-hybridized carbons (Fsp3) is 1.00. The monoisotopic (exact) mass is 236 g/mol. The third-order valence-electron chi connectivity index (χ3n) is 5.38. The first-order chi connectivity index (χ1) is 7.95. The predicted octanol–water partition coefficient (Wildman–Crippen LogP) is 4.26. The predicted molar refractivity (Wildman–Crippen MR) is 70.8 cm³/mol. The largest absolute Gasteiger partial charge is 0.374 e. The molecule has 98 valence electrons. The quantitative estimate of drug-likeness (QED) is 0.708. The molecule has 1 nitrogen and oxygen atoms in total. The molecule has 5 unspecified atom stereocenters. The minimum absolute atomic E-state index is 0.289. The summed E-state index contributed by atoms with van der Waals surface area (Å²) in [7, 11) is 0. The Kier molecular flexibility index (Phi) is 2.81. The van der Waals surface area contributed by atoms with Crippen LogP contribution in [0.3, 0.4) is 0 Å². The maximum atomic E-state index is 6.47. The summed E-state index contributed by atoms with van der Waals surface area (Å²) in [5.41, 5.74) is 0.289. The Balaban J connectivity index is 1.59. The van der Waals surface area contributed by atoms with E-state index >= 15 is 0 Å². The lowest BCUT2D eigenvalue weighted by atomic mass is 9.89. The first kappa shape index (κ1) is 12.0. The molecule has 3 fully saturated rings. The van der Waals surface area contributed by atoms with E-state index in [2.05, 4.69) is 27.7 Å². The van der Waals surface area contributed by atoms with Crippen molar-refractivity contribution in [3.63, 3.8) is 0 Å². The molecule has 17 heavy (non-hydrogen) atoms. The van der Waals surface area contributed by atoms with Crippen LogP contribution in [0.5, 0.6) is 0 Å². The Morgan fingerprint density at radius 3 is 2.47 bits per heavy atom. The highest BCUT2D eigenvalue weighted by Gasteiger charge is 2.55. The highest BCUT2D eigenvalue weighted by atomic mass is 16.5. The lowest BCUT2D eigenvalue weighted by Gasteiger charge is -2.33. The van der Waals surface area contributed by atoms with Gasteiger partial charge in [-0.25, -0.2) is 0 Å². The minimum Gasteiger partial charge on any atom is -0.374 e. The highest BCUT2D eigenvalue weighted by molar-refractivity contribution is 5.04. The summed E-state index contributed by atoms with van der Waals surface area (Å²) >= 11 is 0. The summed E-state index contributed by atoms with van der Waals surface area (Å²) in [6.07, 6.45) is 8.39. The standard InChI is InChI=1S/C16H28O/c1-10(16(2,3)4)17-15-13(7-11-5-6-11)8-12-9-14(12)15/h10-15H,5-9H2,1-4H3. The molecule has 0 aliphatic heterocycles. The second-order valence-electron chi connectivity index (χ2n) is 7.94. The van der Waals surface area contributed by atoms with Crippen molar-refractivity contribution < 1.29 is 4.74 Å². The first-order valence-electron chi connectivity index (χ1n) is 7.60. The molecular formula is C16H28O. The van der Waals surface area contributed by atoms with Crippen molar-refractivity contribution in [1.29, 1.82) is 0 Å². The Labute approximate surface area is 106 Å². The Morgan fingerprint density at radius 2 is 1.88 bits per heavy atom. The Hall–Kier alpha value is -0.0400. The lowest BCUT2D eigenvalue weighted by Crippen LogP contribution is -2.34. The van der Waals surface area contributed by atoms with Gasteiger partial charge in [-0.3, -0.25) is 0 Å². The Bertz CT molecular complexity index is 286. The third kappa shape index (κ3) is 2.54. The average Bonchev–Trinajstić information content (AvgIpc) is 3.09. The van der Waals surface area contributed by atoms with Crippen molar-refractivity contribution in [2.75, 3.05) is 0 Å². The minimum atomic E-state index is 0.289. The summed E-state index contributed by atoms with van der Waals surface area (Å²) in [4.78, 5) is 0. The van der Waals surface area contributed by atoms with E-state index in [1.165, 1.54) is 32.1 Å². The Morgan fingerprint density at radius 1 is 1.18 bits per heavy atom. The van der Waals surface area contributed by atoms with Crippen LogP contribution in [0.4, 0.5) is 0 Å². The van der Waals surface area contributed by atoms with E-state index in [0.29, 0.717) is 12.2 Å². The van der Waals surface area contributed by atoms with Crippen molar-refractivity contribution in [3.05, 3.63) is 0 Å². The summed E-state index contributed by atoms with van der Waals surface area (Å²) in [5, 5.41) is 0. The zero-order valence-corrected chi connectivity index (χ0v) is 11.9. The molecule has 0 amide bonds. The maximum Gasteiger partial charge on any atom is 0.0638 e. The van der Waals surface area contributed by atoms with Crippen molar-refractivity contribution in [2.24, 2.45) is 29.1 Å². The molecule has 3 rings (SSSR count). The molecule has 0 aromatic carbocycles. The first-order valence-corrected chi connectivity index (χ1v) is 7.60. The van der Waals surface area contributed by atoms with Gasteiger partial charge in [0.2, 0.25) is 0 Å². The van der Waals surface area contributed by atoms with Gasteiger partial charge in [0.15, 0.2) is 0 Å². The number of fused-ring (bicyclic) bond motifs is 1. The van der Waals surface area contributed by atoms with Crippen LogP contribution >= 0.6 is 0 Å². The molecule has 0 heterocycles. The van der Waals surface area contributed by atoms with Crippen LogP contribution in [-0.4, -0.2) is 12.2 Å². The van der Waals surface area contributed by atoms with E-state index in [0.717, 1.165) is 23.7 Å². The molecule has 0 aromatic rings. The van der Waals surface area contributed by atoms with Gasteiger partial charge in [-0.15, -0.1) is 0 Å². The van der Waals surface area contributed by atoms with E-state index in [4.69, 9.17) is 4.74 Å². The molecule has 3 aliphatic carbocycles. The second kappa shape index (κ2) is 3.98. The van der Waals surface area contributed by atoms with Gasteiger partial charge in [-0.05, 0) is 55.3 Å². The van der Waals surface area contributed by atoms with Gasteiger partial charge in [-0.1, -0.05) is 33.6 Å². The SMILES string of the molecule is CC(OC1C(CC2CC2)CC2CC21)C(C)(C)C. The van der Waals surface area contributed by atoms with Crippen molar-refractivity contribution in [2.45, 2.75) is 72.0 Å². The molecular weight excluding hydrogens is 208 g/mol. The summed E-state index contributed by atoms with van der Waals surface area (Å²) in [6.45, 7) is 9.16. The van der Waals surface area contributed by atoms with Gasteiger partial charge in [0.1, 0.15) is 0 Å². The third-order valence-corrected chi connectivity index (χ3v) is 5.38. The molecule has 0 saturated heterocycles. The molecule has 0 radical (unpaired) electrons. The molecule has 0 aromatic heterocycles. The molecule has 3 aliphatic rings. The van der Waals surface area contributed by atoms with E-state index in [9.17, 15) is 0 Å². The van der Waals surface area contributed by atoms with Gasteiger partial charge in [0.05, 0.1) is 12.2 Å². The van der Waals surface area contributed by atoms with Gasteiger partial charge in [0, 0.05) is 0 Å². The number of rotatable bonds is 4. The maximum absolute atomic E-state index is 6.47. The smallest absolute Gasteiger partial charge is 0.0638 e. The fourth-order valence-corrected chi connectivity index (χ4v) is 3.48. The molecule has 0 bridgehead atoms. The average molecular weight is 236 g/mol. The van der Waals surface area contributed by atoms with Crippen LogP contribution in [0.2, 0.25) is 0 Å². The van der Waals surface area contributed by atoms with Crippen molar-refractivity contribution in [1.82, 2.24) is 0 Å². The van der Waals surface area contributed by atoms with E-state index in [1.807, 2.05) is 0 Å². The molecule has 0 spiro atoms.